The van der Waals surface area contributed by atoms with Crippen molar-refractivity contribution in [3.63, 3.8) is 0 Å². The summed E-state index contributed by atoms with van der Waals surface area (Å²) in [4.78, 5) is 25.5. The number of nitrogens with zero attached hydrogens (tertiary/aromatic N) is 1. The molecule has 0 aliphatic rings. The third kappa shape index (κ3) is 8.73. The van der Waals surface area contributed by atoms with Crippen LogP contribution in [-0.2, 0) is 23.9 Å². The zero-order valence-corrected chi connectivity index (χ0v) is 21.3. The fourth-order valence-electron chi connectivity index (χ4n) is 3.74. The quantitative estimate of drug-likeness (QED) is 0.252. The van der Waals surface area contributed by atoms with Crippen molar-refractivity contribution in [2.75, 3.05) is 19.8 Å². The predicted molar refractivity (Wildman–Crippen MR) is 136 cm³/mol. The first-order chi connectivity index (χ1) is 18.6. The number of para-hydroxylation sites is 1. The van der Waals surface area contributed by atoms with Crippen molar-refractivity contribution >= 4 is 11.9 Å². The Morgan fingerprint density at radius 2 is 1.69 bits per heavy atom. The number of ether oxygens (including phenoxy) is 2. The van der Waals surface area contributed by atoms with Crippen molar-refractivity contribution in [3.8, 4) is 11.5 Å². The fourth-order valence-corrected chi connectivity index (χ4v) is 3.74. The van der Waals surface area contributed by atoms with Gasteiger partial charge in [0.25, 0.3) is 5.91 Å². The number of carbonyl (C=O) groups is 2. The Balaban J connectivity index is 1.54. The summed E-state index contributed by atoms with van der Waals surface area (Å²) in [5, 5.41) is 9.23. The van der Waals surface area contributed by atoms with Gasteiger partial charge in [-0.1, -0.05) is 43.7 Å². The van der Waals surface area contributed by atoms with Crippen LogP contribution in [0.2, 0.25) is 0 Å². The Hall–Kier alpha value is -4.08. The number of carboxylic acid groups (broad SMARTS) is 1. The van der Waals surface area contributed by atoms with Crippen LogP contribution in [0.1, 0.15) is 46.8 Å². The van der Waals surface area contributed by atoms with Gasteiger partial charge in [-0.05, 0) is 48.4 Å². The average molecular weight is 548 g/mol. The van der Waals surface area contributed by atoms with Gasteiger partial charge in [0, 0.05) is 25.1 Å². The average Bonchev–Trinajstić information content (AvgIpc) is 2.90. The molecule has 3 rings (SSSR count). The number of carboxylic acids is 1. The summed E-state index contributed by atoms with van der Waals surface area (Å²) in [6.07, 6.45) is -2.73. The molecule has 39 heavy (non-hydrogen) atoms. The smallest absolute Gasteiger partial charge is 0.416 e. The molecule has 0 aromatic heterocycles. The van der Waals surface area contributed by atoms with E-state index >= 15 is 0 Å². The summed E-state index contributed by atoms with van der Waals surface area (Å²) in [5.41, 5.74) is -0.104. The van der Waals surface area contributed by atoms with Crippen molar-refractivity contribution in [1.29, 1.82) is 0 Å². The molecule has 3 aromatic rings. The van der Waals surface area contributed by atoms with Gasteiger partial charge in [-0.3, -0.25) is 4.79 Å². The SMILES string of the molecule is CCCCN(Cc1ccc(C(F)(F)F)cc1F)C(=O)COc1ccc(CCOc2ccccc2C(=O)O)cc1. The van der Waals surface area contributed by atoms with Crippen LogP contribution in [0.5, 0.6) is 11.5 Å². The highest BCUT2D eigenvalue weighted by Crippen LogP contribution is 2.30. The van der Waals surface area contributed by atoms with Gasteiger partial charge in [0.15, 0.2) is 6.61 Å². The van der Waals surface area contributed by atoms with Gasteiger partial charge in [-0.25, -0.2) is 9.18 Å². The first-order valence-electron chi connectivity index (χ1n) is 12.4. The molecule has 0 saturated heterocycles. The maximum Gasteiger partial charge on any atom is 0.416 e. The van der Waals surface area contributed by atoms with E-state index in [0.29, 0.717) is 31.2 Å². The third-order valence-electron chi connectivity index (χ3n) is 5.93. The molecule has 0 heterocycles. The number of benzene rings is 3. The van der Waals surface area contributed by atoms with Gasteiger partial charge >= 0.3 is 12.1 Å². The molecule has 0 saturated carbocycles. The second-order valence-corrected chi connectivity index (χ2v) is 8.81. The molecular weight excluding hydrogens is 518 g/mol. The highest BCUT2D eigenvalue weighted by atomic mass is 19.4. The van der Waals surface area contributed by atoms with E-state index < -0.39 is 29.4 Å². The summed E-state index contributed by atoms with van der Waals surface area (Å²) in [7, 11) is 0. The molecule has 1 N–H and O–H groups in total. The lowest BCUT2D eigenvalue weighted by Crippen LogP contribution is -2.35. The number of hydrogen-bond donors (Lipinski definition) is 1. The summed E-state index contributed by atoms with van der Waals surface area (Å²) in [6, 6.07) is 15.6. The minimum atomic E-state index is -4.65. The molecule has 0 atom stereocenters. The molecular formula is C29H29F4NO5. The van der Waals surface area contributed by atoms with Crippen LogP contribution in [0.25, 0.3) is 0 Å². The van der Waals surface area contributed by atoms with Gasteiger partial charge in [0.2, 0.25) is 0 Å². The van der Waals surface area contributed by atoms with E-state index in [1.165, 1.54) is 11.0 Å². The Kier molecular flexibility index (Phi) is 10.3. The zero-order chi connectivity index (χ0) is 28.4. The number of alkyl halides is 3. The maximum absolute atomic E-state index is 14.4. The molecule has 208 valence electrons. The minimum absolute atomic E-state index is 0.00926. The molecule has 0 spiro atoms. The van der Waals surface area contributed by atoms with Crippen LogP contribution in [-0.4, -0.2) is 41.6 Å². The lowest BCUT2D eigenvalue weighted by Gasteiger charge is -2.23. The number of amides is 1. The first-order valence-corrected chi connectivity index (χ1v) is 12.4. The van der Waals surface area contributed by atoms with E-state index in [2.05, 4.69) is 0 Å². The monoisotopic (exact) mass is 547 g/mol. The summed E-state index contributed by atoms with van der Waals surface area (Å²) >= 11 is 0. The van der Waals surface area contributed by atoms with E-state index in [0.717, 1.165) is 24.1 Å². The topological polar surface area (TPSA) is 76.1 Å². The highest BCUT2D eigenvalue weighted by molar-refractivity contribution is 5.90. The van der Waals surface area contributed by atoms with Crippen LogP contribution in [0, 0.1) is 5.82 Å². The summed E-state index contributed by atoms with van der Waals surface area (Å²) in [6.45, 7) is 2.00. The number of carbonyl (C=O) groups excluding carboxylic acids is 1. The van der Waals surface area contributed by atoms with Gasteiger partial charge in [0.1, 0.15) is 22.9 Å². The number of hydrogen-bond acceptors (Lipinski definition) is 4. The van der Waals surface area contributed by atoms with Crippen molar-refractivity contribution in [2.24, 2.45) is 0 Å². The molecule has 0 unspecified atom stereocenters. The minimum Gasteiger partial charge on any atom is -0.492 e. The van der Waals surface area contributed by atoms with Crippen LogP contribution in [0.15, 0.2) is 66.7 Å². The third-order valence-corrected chi connectivity index (χ3v) is 5.93. The van der Waals surface area contributed by atoms with Crippen molar-refractivity contribution in [2.45, 2.75) is 38.9 Å². The lowest BCUT2D eigenvalue weighted by molar-refractivity contribution is -0.138. The summed E-state index contributed by atoms with van der Waals surface area (Å²) < 4.78 is 64.1. The second kappa shape index (κ2) is 13.6. The largest absolute Gasteiger partial charge is 0.492 e. The van der Waals surface area contributed by atoms with Gasteiger partial charge in [-0.2, -0.15) is 13.2 Å². The Morgan fingerprint density at radius 1 is 0.974 bits per heavy atom. The van der Waals surface area contributed by atoms with E-state index in [4.69, 9.17) is 9.47 Å². The van der Waals surface area contributed by atoms with Gasteiger partial charge < -0.3 is 19.5 Å². The fraction of sp³-hybridized carbons (Fsp3) is 0.310. The number of halogens is 4. The zero-order valence-electron chi connectivity index (χ0n) is 21.3. The van der Waals surface area contributed by atoms with E-state index in [9.17, 15) is 32.3 Å². The molecule has 3 aromatic carbocycles. The van der Waals surface area contributed by atoms with Gasteiger partial charge in [0.05, 0.1) is 12.2 Å². The highest BCUT2D eigenvalue weighted by Gasteiger charge is 2.31. The van der Waals surface area contributed by atoms with Crippen molar-refractivity contribution in [3.05, 3.63) is 94.8 Å². The number of aromatic carboxylic acids is 1. The van der Waals surface area contributed by atoms with Gasteiger partial charge in [-0.15, -0.1) is 0 Å². The Morgan fingerprint density at radius 3 is 2.33 bits per heavy atom. The first kappa shape index (κ1) is 29.5. The predicted octanol–water partition coefficient (Wildman–Crippen LogP) is 6.37. The second-order valence-electron chi connectivity index (χ2n) is 8.81. The van der Waals surface area contributed by atoms with Crippen molar-refractivity contribution in [1.82, 2.24) is 4.90 Å². The normalized spacial score (nSPS) is 11.2. The van der Waals surface area contributed by atoms with Crippen LogP contribution >= 0.6 is 0 Å². The summed E-state index contributed by atoms with van der Waals surface area (Å²) in [5.74, 6) is -1.80. The van der Waals surface area contributed by atoms with Crippen LogP contribution in [0.3, 0.4) is 0 Å². The van der Waals surface area contributed by atoms with Crippen LogP contribution in [0.4, 0.5) is 17.6 Å². The molecule has 10 heteroatoms. The Bertz CT molecular complexity index is 1260. The van der Waals surface area contributed by atoms with E-state index in [1.807, 2.05) is 6.92 Å². The standard InChI is InChI=1S/C29H29F4NO5/c1-2-3-15-34(18-21-10-11-22(17-25(21)30)29(31,32)33)27(35)19-39-23-12-8-20(9-13-23)14-16-38-26-7-5-4-6-24(26)28(36)37/h4-13,17H,2-3,14-16,18-19H2,1H3,(H,36,37). The molecule has 0 aliphatic heterocycles. The van der Waals surface area contributed by atoms with Crippen LogP contribution < -0.4 is 9.47 Å². The molecule has 0 fully saturated rings. The lowest BCUT2D eigenvalue weighted by atomic mass is 10.1. The number of rotatable bonds is 13. The molecule has 0 aliphatic carbocycles. The molecule has 0 bridgehead atoms. The number of unbranched alkanes of at least 4 members (excludes halogenated alkanes) is 1. The molecule has 0 radical (unpaired) electrons. The maximum atomic E-state index is 14.4. The molecule has 6 nitrogen and oxygen atoms in total. The molecule has 1 amide bonds. The van der Waals surface area contributed by atoms with E-state index in [-0.39, 0.29) is 36.6 Å². The van der Waals surface area contributed by atoms with Crippen molar-refractivity contribution < 1.29 is 41.7 Å². The Labute approximate surface area is 223 Å². The van der Waals surface area contributed by atoms with E-state index in [1.54, 1.807) is 42.5 Å².